The normalized spacial score (nSPS) is 19.5. The molecule has 1 aromatic carbocycles. The summed E-state index contributed by atoms with van der Waals surface area (Å²) in [6, 6.07) is 9.86. The number of amides is 2. The fraction of sp³-hybridized carbons (Fsp3) is 0.519. The Morgan fingerprint density at radius 2 is 1.89 bits per heavy atom. The lowest BCUT2D eigenvalue weighted by Crippen LogP contribution is -2.46. The molecular weight excluding hydrogens is 447 g/mol. The van der Waals surface area contributed by atoms with E-state index in [-0.39, 0.29) is 23.9 Å². The van der Waals surface area contributed by atoms with Gasteiger partial charge in [-0.25, -0.2) is 9.18 Å². The van der Waals surface area contributed by atoms with Gasteiger partial charge in [-0.2, -0.15) is 0 Å². The second kappa shape index (κ2) is 10.7. The van der Waals surface area contributed by atoms with Crippen molar-refractivity contribution in [3.63, 3.8) is 0 Å². The maximum absolute atomic E-state index is 13.4. The summed E-state index contributed by atoms with van der Waals surface area (Å²) in [4.78, 5) is 33.6. The highest BCUT2D eigenvalue weighted by atomic mass is 19.1. The van der Waals surface area contributed by atoms with E-state index in [0.29, 0.717) is 22.7 Å². The summed E-state index contributed by atoms with van der Waals surface area (Å²) in [5, 5.41) is 3.13. The van der Waals surface area contributed by atoms with E-state index < -0.39 is 5.60 Å². The topological polar surface area (TPSA) is 74.8 Å². The molecule has 2 aliphatic heterocycles. The number of nitrogens with zero attached hydrogens (tertiary/aromatic N) is 3. The number of pyridine rings is 1. The van der Waals surface area contributed by atoms with Gasteiger partial charge in [-0.3, -0.25) is 9.78 Å². The third kappa shape index (κ3) is 7.01. The molecule has 188 valence electrons. The van der Waals surface area contributed by atoms with Crippen LogP contribution in [0, 0.1) is 11.7 Å². The number of aromatic nitrogens is 1. The van der Waals surface area contributed by atoms with Gasteiger partial charge in [-0.15, -0.1) is 0 Å². The highest BCUT2D eigenvalue weighted by Gasteiger charge is 2.31. The smallest absolute Gasteiger partial charge is 0.410 e. The molecule has 7 nitrogen and oxygen atoms in total. The van der Waals surface area contributed by atoms with E-state index in [4.69, 9.17) is 4.74 Å². The summed E-state index contributed by atoms with van der Waals surface area (Å²) in [7, 11) is 0. The summed E-state index contributed by atoms with van der Waals surface area (Å²) in [5.41, 5.74) is 1.34. The summed E-state index contributed by atoms with van der Waals surface area (Å²) in [6.07, 6.45) is 4.10. The molecular formula is C27H35FN4O3. The molecule has 2 aliphatic rings. The third-order valence-electron chi connectivity index (χ3n) is 6.52. The van der Waals surface area contributed by atoms with Crippen LogP contribution in [0.1, 0.15) is 50.4 Å². The third-order valence-corrected chi connectivity index (χ3v) is 6.52. The quantitative estimate of drug-likeness (QED) is 0.686. The lowest BCUT2D eigenvalue weighted by molar-refractivity contribution is 0.0284. The maximum atomic E-state index is 13.4. The lowest BCUT2D eigenvalue weighted by Gasteiger charge is -2.33. The van der Waals surface area contributed by atoms with E-state index in [9.17, 15) is 14.0 Å². The van der Waals surface area contributed by atoms with Gasteiger partial charge in [0.1, 0.15) is 11.4 Å². The number of carbonyl (C=O) groups excluding carboxylic acids is 2. The largest absolute Gasteiger partial charge is 0.444 e. The maximum Gasteiger partial charge on any atom is 0.410 e. The number of rotatable bonds is 5. The summed E-state index contributed by atoms with van der Waals surface area (Å²) >= 11 is 0. The van der Waals surface area contributed by atoms with Gasteiger partial charge >= 0.3 is 6.09 Å². The number of hydrogen-bond donors (Lipinski definition) is 1. The van der Waals surface area contributed by atoms with Gasteiger partial charge in [0.05, 0.1) is 11.3 Å². The van der Waals surface area contributed by atoms with Crippen molar-refractivity contribution >= 4 is 12.0 Å². The Labute approximate surface area is 206 Å². The Morgan fingerprint density at radius 3 is 2.54 bits per heavy atom. The van der Waals surface area contributed by atoms with Crippen LogP contribution < -0.4 is 5.32 Å². The summed E-state index contributed by atoms with van der Waals surface area (Å²) in [6.45, 7) is 9.96. The average Bonchev–Trinajstić information content (AvgIpc) is 3.28. The first-order valence-electron chi connectivity index (χ1n) is 12.4. The van der Waals surface area contributed by atoms with Crippen molar-refractivity contribution in [3.05, 3.63) is 54.0 Å². The minimum atomic E-state index is -0.471. The van der Waals surface area contributed by atoms with Crippen LogP contribution in [0.3, 0.4) is 0 Å². The number of benzene rings is 1. The molecule has 2 aromatic rings. The second-order valence-electron chi connectivity index (χ2n) is 10.6. The molecule has 1 atom stereocenters. The van der Waals surface area contributed by atoms with Crippen LogP contribution >= 0.6 is 0 Å². The first-order chi connectivity index (χ1) is 16.7. The van der Waals surface area contributed by atoms with Crippen LogP contribution in [0.25, 0.3) is 11.3 Å². The zero-order chi connectivity index (χ0) is 25.0. The Hall–Kier alpha value is -3.00. The van der Waals surface area contributed by atoms with Crippen LogP contribution in [0.5, 0.6) is 0 Å². The predicted octanol–water partition coefficient (Wildman–Crippen LogP) is 4.34. The van der Waals surface area contributed by atoms with Crippen molar-refractivity contribution in [1.29, 1.82) is 0 Å². The molecule has 1 N–H and O–H groups in total. The number of ether oxygens (including phenoxy) is 1. The number of carbonyl (C=O) groups is 2. The molecule has 8 heteroatoms. The van der Waals surface area contributed by atoms with E-state index in [0.717, 1.165) is 52.0 Å². The zero-order valence-electron chi connectivity index (χ0n) is 20.8. The monoisotopic (exact) mass is 482 g/mol. The van der Waals surface area contributed by atoms with Crippen LogP contribution in [-0.4, -0.2) is 71.2 Å². The number of halogens is 1. The average molecular weight is 483 g/mol. The van der Waals surface area contributed by atoms with Gasteiger partial charge in [-0.05, 0) is 70.2 Å². The number of hydrogen-bond acceptors (Lipinski definition) is 5. The standard InChI is InChI=1S/C27H35FN4O3/c1-27(2,3)35-26(34)32-14-9-19(18-32)17-31-12-10-23(11-13-31)30-25(33)21-7-8-24(29-16-21)20-5-4-6-22(28)15-20/h4-8,15-16,19,23H,9-14,17-18H2,1-3H3,(H,30,33). The van der Waals surface area contributed by atoms with Crippen LogP contribution in [-0.2, 0) is 4.74 Å². The summed E-state index contributed by atoms with van der Waals surface area (Å²) < 4.78 is 18.9. The van der Waals surface area contributed by atoms with Gasteiger partial charge in [0.15, 0.2) is 0 Å². The van der Waals surface area contributed by atoms with Gasteiger partial charge in [-0.1, -0.05) is 12.1 Å². The van der Waals surface area contributed by atoms with Gasteiger partial charge in [0.2, 0.25) is 0 Å². The highest BCUT2D eigenvalue weighted by Crippen LogP contribution is 2.22. The highest BCUT2D eigenvalue weighted by molar-refractivity contribution is 5.94. The first-order valence-corrected chi connectivity index (χ1v) is 12.4. The predicted molar refractivity (Wildman–Crippen MR) is 132 cm³/mol. The molecule has 35 heavy (non-hydrogen) atoms. The second-order valence-corrected chi connectivity index (χ2v) is 10.6. The van der Waals surface area contributed by atoms with Crippen molar-refractivity contribution in [2.24, 2.45) is 5.92 Å². The Kier molecular flexibility index (Phi) is 7.69. The van der Waals surface area contributed by atoms with Crippen LogP contribution in [0.15, 0.2) is 42.6 Å². The molecule has 0 saturated carbocycles. The molecule has 2 fully saturated rings. The Bertz CT molecular complexity index is 1030. The Morgan fingerprint density at radius 1 is 1.11 bits per heavy atom. The van der Waals surface area contributed by atoms with Crippen LogP contribution in [0.4, 0.5) is 9.18 Å². The van der Waals surface area contributed by atoms with E-state index in [1.165, 1.54) is 12.1 Å². The molecule has 4 rings (SSSR count). The van der Waals surface area contributed by atoms with Crippen LogP contribution in [0.2, 0.25) is 0 Å². The number of piperidine rings is 1. The van der Waals surface area contributed by atoms with Crippen molar-refractivity contribution in [2.45, 2.75) is 51.7 Å². The minimum Gasteiger partial charge on any atom is -0.444 e. The zero-order valence-corrected chi connectivity index (χ0v) is 20.8. The van der Waals surface area contributed by atoms with Crippen molar-refractivity contribution in [1.82, 2.24) is 20.1 Å². The molecule has 1 aromatic heterocycles. The molecule has 0 aliphatic carbocycles. The van der Waals surface area contributed by atoms with E-state index in [2.05, 4.69) is 15.2 Å². The van der Waals surface area contributed by atoms with Gasteiger partial charge in [0, 0.05) is 50.5 Å². The van der Waals surface area contributed by atoms with Gasteiger partial charge in [0.25, 0.3) is 5.91 Å². The number of nitrogens with one attached hydrogen (secondary N) is 1. The van der Waals surface area contributed by atoms with Crippen molar-refractivity contribution in [3.8, 4) is 11.3 Å². The molecule has 1 unspecified atom stereocenters. The lowest BCUT2D eigenvalue weighted by atomic mass is 10.0. The minimum absolute atomic E-state index is 0.128. The molecule has 2 amide bonds. The fourth-order valence-electron chi connectivity index (χ4n) is 4.71. The Balaban J connectivity index is 1.20. The molecule has 2 saturated heterocycles. The molecule has 0 spiro atoms. The van der Waals surface area contributed by atoms with E-state index in [1.54, 1.807) is 30.5 Å². The number of likely N-dealkylation sites (tertiary alicyclic amines) is 2. The fourth-order valence-corrected chi connectivity index (χ4v) is 4.71. The SMILES string of the molecule is CC(C)(C)OC(=O)N1CCC(CN2CCC(NC(=O)c3ccc(-c4cccc(F)c4)nc3)CC2)C1. The molecule has 3 heterocycles. The van der Waals surface area contributed by atoms with E-state index >= 15 is 0 Å². The molecule has 0 radical (unpaired) electrons. The molecule has 0 bridgehead atoms. The van der Waals surface area contributed by atoms with Crippen molar-refractivity contribution in [2.75, 3.05) is 32.7 Å². The summed E-state index contributed by atoms with van der Waals surface area (Å²) in [5.74, 6) is 0.00707. The first kappa shape index (κ1) is 25.1. The van der Waals surface area contributed by atoms with E-state index in [1.807, 2.05) is 25.7 Å². The van der Waals surface area contributed by atoms with Gasteiger partial charge < -0.3 is 19.9 Å². The van der Waals surface area contributed by atoms with Crippen molar-refractivity contribution < 1.29 is 18.7 Å².